The number of carbonyl (C=O) groups excluding carboxylic acids is 4. The number of fused-ring (bicyclic) bond motifs is 4. The third-order valence-corrected chi connectivity index (χ3v) is 11.0. The quantitative estimate of drug-likeness (QED) is 0.213. The third kappa shape index (κ3) is 4.54. The summed E-state index contributed by atoms with van der Waals surface area (Å²) in [5, 5.41) is 3.65. The molecule has 3 amide bonds. The number of aryl methyl sites for hydroxylation is 1. The average molecular weight is 673 g/mol. The van der Waals surface area contributed by atoms with Crippen LogP contribution in [0, 0.1) is 12.8 Å². The summed E-state index contributed by atoms with van der Waals surface area (Å²) >= 11 is 0. The molecule has 9 rings (SSSR count). The van der Waals surface area contributed by atoms with Crippen LogP contribution >= 0.6 is 0 Å². The highest BCUT2D eigenvalue weighted by molar-refractivity contribution is 6.12. The number of nitrogens with one attached hydrogen (secondary N) is 3. The fourth-order valence-electron chi connectivity index (χ4n) is 8.52. The van der Waals surface area contributed by atoms with Crippen molar-refractivity contribution in [3.05, 3.63) is 82.4 Å². The molecule has 3 fully saturated rings. The number of aliphatic imine (C=N–C) groups is 1. The molecule has 254 valence electrons. The van der Waals surface area contributed by atoms with Gasteiger partial charge in [0.1, 0.15) is 0 Å². The molecule has 50 heavy (non-hydrogen) atoms. The summed E-state index contributed by atoms with van der Waals surface area (Å²) in [7, 11) is 1.53. The Morgan fingerprint density at radius 1 is 1.12 bits per heavy atom. The molecule has 0 unspecified atom stereocenters. The van der Waals surface area contributed by atoms with Gasteiger partial charge in [-0.15, -0.1) is 0 Å². The van der Waals surface area contributed by atoms with Gasteiger partial charge in [-0.2, -0.15) is 0 Å². The van der Waals surface area contributed by atoms with Gasteiger partial charge in [0.25, 0.3) is 11.8 Å². The number of hydrogen-bond acceptors (Lipinski definition) is 7. The first kappa shape index (κ1) is 30.4. The van der Waals surface area contributed by atoms with Gasteiger partial charge >= 0.3 is 0 Å². The van der Waals surface area contributed by atoms with Crippen molar-refractivity contribution < 1.29 is 28.7 Å². The van der Waals surface area contributed by atoms with Crippen LogP contribution in [0.3, 0.4) is 0 Å². The molecule has 2 aromatic carbocycles. The average Bonchev–Trinajstić information content (AvgIpc) is 3.55. The third-order valence-electron chi connectivity index (χ3n) is 11.0. The SMILES string of the molecule is COc1cc2c(cc1OCCCC(=O)Nc1ccc3[nH]cc(C(=O)N4C[C@H]5C[C@@]56C4=CC(=O)c4[nH]cc(C)c46)c3c1)N=C[C@@H]1CCCN1C2=O. The highest BCUT2D eigenvalue weighted by atomic mass is 16.5. The number of methoxy groups -OCH3 is 1. The van der Waals surface area contributed by atoms with Gasteiger partial charge in [-0.05, 0) is 73.9 Å². The molecule has 1 spiro atoms. The zero-order valence-electron chi connectivity index (χ0n) is 27.8. The number of benzene rings is 2. The second-order valence-corrected chi connectivity index (χ2v) is 13.9. The molecule has 3 aliphatic heterocycles. The summed E-state index contributed by atoms with van der Waals surface area (Å²) in [5.41, 5.74) is 6.14. The number of rotatable bonds is 8. The first-order valence-corrected chi connectivity index (χ1v) is 17.1. The van der Waals surface area contributed by atoms with Crippen LogP contribution < -0.4 is 14.8 Å². The van der Waals surface area contributed by atoms with Gasteiger partial charge in [-0.3, -0.25) is 24.2 Å². The maximum Gasteiger partial charge on any atom is 0.260 e. The molecule has 2 aliphatic carbocycles. The van der Waals surface area contributed by atoms with Gasteiger partial charge in [0, 0.05) is 78.0 Å². The Hall–Kier alpha value is -5.65. The lowest BCUT2D eigenvalue weighted by Crippen LogP contribution is -2.35. The normalized spacial score (nSPS) is 22.7. The second-order valence-electron chi connectivity index (χ2n) is 13.9. The number of carbonyl (C=O) groups is 4. The van der Waals surface area contributed by atoms with Gasteiger partial charge in [0.05, 0.1) is 42.3 Å². The molecule has 2 aromatic heterocycles. The first-order chi connectivity index (χ1) is 24.3. The number of allylic oxidation sites excluding steroid dienone is 2. The van der Waals surface area contributed by atoms with E-state index in [9.17, 15) is 19.2 Å². The molecule has 1 saturated carbocycles. The number of nitrogens with zero attached hydrogens (tertiary/aromatic N) is 3. The van der Waals surface area contributed by atoms with Gasteiger partial charge in [0.2, 0.25) is 11.7 Å². The lowest BCUT2D eigenvalue weighted by Gasteiger charge is -2.28. The summed E-state index contributed by atoms with van der Waals surface area (Å²) in [6.45, 7) is 3.55. The molecule has 12 nitrogen and oxygen atoms in total. The number of piperidine rings is 1. The van der Waals surface area contributed by atoms with Crippen LogP contribution in [-0.2, 0) is 10.2 Å². The van der Waals surface area contributed by atoms with Gasteiger partial charge in [-0.25, -0.2) is 0 Å². The molecule has 4 aromatic rings. The topological polar surface area (TPSA) is 149 Å². The smallest absolute Gasteiger partial charge is 0.260 e. The van der Waals surface area contributed by atoms with E-state index >= 15 is 0 Å². The number of hydrogen-bond donors (Lipinski definition) is 3. The highest BCUT2D eigenvalue weighted by Crippen LogP contribution is 2.67. The van der Waals surface area contributed by atoms with Crippen LogP contribution in [0.15, 0.2) is 59.5 Å². The van der Waals surface area contributed by atoms with Crippen LogP contribution in [0.25, 0.3) is 10.9 Å². The van der Waals surface area contributed by atoms with E-state index in [0.717, 1.165) is 41.6 Å². The molecule has 5 aliphatic rings. The van der Waals surface area contributed by atoms with Crippen molar-refractivity contribution in [3.63, 3.8) is 0 Å². The molecule has 0 bridgehead atoms. The molecule has 0 radical (unpaired) electrons. The van der Waals surface area contributed by atoms with Crippen LogP contribution in [0.4, 0.5) is 11.4 Å². The fraction of sp³-hybridized carbons (Fsp3) is 0.342. The van der Waals surface area contributed by atoms with E-state index < -0.39 is 0 Å². The highest BCUT2D eigenvalue weighted by Gasteiger charge is 2.68. The number of ether oxygens (including phenoxy) is 2. The lowest BCUT2D eigenvalue weighted by molar-refractivity contribution is -0.116. The number of likely N-dealkylation sites (tertiary alicyclic amines) is 1. The number of anilines is 1. The van der Waals surface area contributed by atoms with Gasteiger partial charge < -0.3 is 34.6 Å². The maximum absolute atomic E-state index is 14.0. The molecular formula is C38H36N6O6. The summed E-state index contributed by atoms with van der Waals surface area (Å²) < 4.78 is 11.5. The van der Waals surface area contributed by atoms with Crippen LogP contribution in [0.2, 0.25) is 0 Å². The van der Waals surface area contributed by atoms with Crippen molar-refractivity contribution in [1.82, 2.24) is 19.8 Å². The maximum atomic E-state index is 14.0. The van der Waals surface area contributed by atoms with Crippen molar-refractivity contribution in [2.45, 2.75) is 50.5 Å². The standard InChI is InChI=1S/C38H36N6O6/c1-20-16-41-35-29(45)14-32-38(34(20)35)15-21(38)19-44(32)37(48)26-18-40-27-8-7-22(11-24(26)27)42-33(46)6-4-10-50-31-13-28-25(12-30(31)49-2)36(47)43-9-3-5-23(43)17-39-28/h7-8,11-14,16-18,21,23,40-41H,3-6,9-10,15,19H2,1-2H3,(H,42,46)/t21-,23+,38+/m1/s1. The second kappa shape index (κ2) is 11.2. The minimum atomic E-state index is -0.271. The summed E-state index contributed by atoms with van der Waals surface area (Å²) in [4.78, 5) is 67.6. The first-order valence-electron chi connectivity index (χ1n) is 17.1. The van der Waals surface area contributed by atoms with Crippen molar-refractivity contribution >= 4 is 52.0 Å². The molecule has 3 atom stereocenters. The van der Waals surface area contributed by atoms with Crippen LogP contribution in [0.5, 0.6) is 11.5 Å². The van der Waals surface area contributed by atoms with E-state index in [2.05, 4.69) is 20.3 Å². The Balaban J connectivity index is 0.854. The van der Waals surface area contributed by atoms with Gasteiger partial charge in [0.15, 0.2) is 11.5 Å². The molecule has 2 saturated heterocycles. The van der Waals surface area contributed by atoms with Crippen LogP contribution in [-0.4, -0.2) is 82.3 Å². The van der Waals surface area contributed by atoms with E-state index in [4.69, 9.17) is 9.47 Å². The molecule has 3 N–H and O–H groups in total. The van der Waals surface area contributed by atoms with E-state index in [1.54, 1.807) is 35.4 Å². The number of amides is 3. The van der Waals surface area contributed by atoms with E-state index in [1.807, 2.05) is 36.4 Å². The van der Waals surface area contributed by atoms with E-state index in [-0.39, 0.29) is 53.9 Å². The van der Waals surface area contributed by atoms with Crippen LogP contribution in [0.1, 0.15) is 74.4 Å². The Morgan fingerprint density at radius 3 is 2.86 bits per heavy atom. The monoisotopic (exact) mass is 672 g/mol. The largest absolute Gasteiger partial charge is 0.493 e. The summed E-state index contributed by atoms with van der Waals surface area (Å²) in [6, 6.07) is 8.87. The summed E-state index contributed by atoms with van der Waals surface area (Å²) in [5.74, 6) is 0.686. The zero-order chi connectivity index (χ0) is 34.3. The number of H-pyrrole nitrogens is 2. The number of aromatic amines is 2. The Labute approximate surface area is 287 Å². The lowest BCUT2D eigenvalue weighted by atomic mass is 9.83. The minimum Gasteiger partial charge on any atom is -0.493 e. The Morgan fingerprint density at radius 2 is 2.00 bits per heavy atom. The Kier molecular flexibility index (Phi) is 6.81. The predicted molar refractivity (Wildman–Crippen MR) is 186 cm³/mol. The van der Waals surface area contributed by atoms with Gasteiger partial charge in [-0.1, -0.05) is 0 Å². The summed E-state index contributed by atoms with van der Waals surface area (Å²) in [6.07, 6.45) is 10.5. The molecule has 5 heterocycles. The minimum absolute atomic E-state index is 0.0106. The fourth-order valence-corrected chi connectivity index (χ4v) is 8.52. The van der Waals surface area contributed by atoms with Crippen molar-refractivity contribution in [1.29, 1.82) is 0 Å². The number of aromatic nitrogens is 2. The van der Waals surface area contributed by atoms with Crippen molar-refractivity contribution in [2.75, 3.05) is 32.1 Å². The van der Waals surface area contributed by atoms with E-state index in [1.165, 1.54) is 7.11 Å². The zero-order valence-corrected chi connectivity index (χ0v) is 27.8. The molecular weight excluding hydrogens is 636 g/mol. The van der Waals surface area contributed by atoms with Crippen molar-refractivity contribution in [3.8, 4) is 11.5 Å². The molecule has 12 heteroatoms. The van der Waals surface area contributed by atoms with E-state index in [0.29, 0.717) is 64.6 Å². The Bertz CT molecular complexity index is 2210. The predicted octanol–water partition coefficient (Wildman–Crippen LogP) is 5.43. The van der Waals surface area contributed by atoms with Crippen molar-refractivity contribution in [2.24, 2.45) is 10.9 Å². The number of ketones is 1.